The third-order valence-corrected chi connectivity index (χ3v) is 2.40. The van der Waals surface area contributed by atoms with Crippen LogP contribution >= 0.6 is 0 Å². The second-order valence-corrected chi connectivity index (χ2v) is 3.79. The Kier molecular flexibility index (Phi) is 3.04. The maximum atomic E-state index is 13.3. The van der Waals surface area contributed by atoms with Crippen LogP contribution < -0.4 is 4.74 Å². The van der Waals surface area contributed by atoms with Gasteiger partial charge in [-0.2, -0.15) is 0 Å². The predicted molar refractivity (Wildman–Crippen MR) is 63.5 cm³/mol. The van der Waals surface area contributed by atoms with Gasteiger partial charge >= 0.3 is 0 Å². The molecule has 0 aliphatic rings. The highest BCUT2D eigenvalue weighted by atomic mass is 19.1. The summed E-state index contributed by atoms with van der Waals surface area (Å²) in [5.74, 6) is 0.949. The molecule has 2 rings (SSSR count). The molecular formula is C13H13FN2O. The summed E-state index contributed by atoms with van der Waals surface area (Å²) in [4.78, 5) is 8.49. The van der Waals surface area contributed by atoms with Crippen molar-refractivity contribution < 1.29 is 9.13 Å². The first-order valence-electron chi connectivity index (χ1n) is 5.26. The Labute approximate surface area is 99.3 Å². The van der Waals surface area contributed by atoms with Crippen molar-refractivity contribution in [1.29, 1.82) is 0 Å². The van der Waals surface area contributed by atoms with Crippen molar-refractivity contribution in [3.63, 3.8) is 0 Å². The van der Waals surface area contributed by atoms with Gasteiger partial charge in [0, 0.05) is 11.3 Å². The van der Waals surface area contributed by atoms with Crippen LogP contribution in [0.3, 0.4) is 0 Å². The molecule has 1 aromatic carbocycles. The Morgan fingerprint density at radius 1 is 1.12 bits per heavy atom. The van der Waals surface area contributed by atoms with E-state index in [1.54, 1.807) is 13.2 Å². The van der Waals surface area contributed by atoms with Crippen LogP contribution in [0.4, 0.5) is 4.39 Å². The van der Waals surface area contributed by atoms with Gasteiger partial charge in [-0.15, -0.1) is 0 Å². The molecule has 17 heavy (non-hydrogen) atoms. The molecule has 0 saturated carbocycles. The number of nitrogens with zero attached hydrogens (tertiary/aromatic N) is 2. The first kappa shape index (κ1) is 11.5. The summed E-state index contributed by atoms with van der Waals surface area (Å²) in [6.45, 7) is 3.69. The molecule has 0 saturated heterocycles. The van der Waals surface area contributed by atoms with Gasteiger partial charge in [-0.3, -0.25) is 0 Å². The first-order chi connectivity index (χ1) is 8.10. The van der Waals surface area contributed by atoms with Gasteiger partial charge in [0.1, 0.15) is 17.4 Å². The summed E-state index contributed by atoms with van der Waals surface area (Å²) < 4.78 is 18.5. The highest BCUT2D eigenvalue weighted by molar-refractivity contribution is 5.67. The van der Waals surface area contributed by atoms with Crippen molar-refractivity contribution in [3.8, 4) is 17.0 Å². The van der Waals surface area contributed by atoms with Crippen molar-refractivity contribution in [2.45, 2.75) is 13.8 Å². The summed E-state index contributed by atoms with van der Waals surface area (Å²) in [5.41, 5.74) is 2.16. The van der Waals surface area contributed by atoms with E-state index in [4.69, 9.17) is 4.74 Å². The second-order valence-electron chi connectivity index (χ2n) is 3.79. The number of halogens is 1. The van der Waals surface area contributed by atoms with Gasteiger partial charge < -0.3 is 4.74 Å². The SMILES string of the molecule is COc1ccc(F)cc1-c1cc(C)nc(C)n1. The Bertz CT molecular complexity index is 535. The van der Waals surface area contributed by atoms with Crippen molar-refractivity contribution >= 4 is 0 Å². The standard InChI is InChI=1S/C13H13FN2O/c1-8-6-12(16-9(2)15-8)11-7-10(14)4-5-13(11)17-3/h4-7H,1-3H3. The summed E-state index contributed by atoms with van der Waals surface area (Å²) in [7, 11) is 1.55. The van der Waals surface area contributed by atoms with E-state index < -0.39 is 0 Å². The summed E-state index contributed by atoms with van der Waals surface area (Å²) in [6.07, 6.45) is 0. The van der Waals surface area contributed by atoms with Crippen LogP contribution in [-0.2, 0) is 0 Å². The van der Waals surface area contributed by atoms with Gasteiger partial charge in [0.15, 0.2) is 0 Å². The fourth-order valence-electron chi connectivity index (χ4n) is 1.74. The molecule has 0 bridgehead atoms. The Morgan fingerprint density at radius 2 is 1.88 bits per heavy atom. The van der Waals surface area contributed by atoms with Gasteiger partial charge in [0.2, 0.25) is 0 Å². The zero-order valence-electron chi connectivity index (χ0n) is 9.99. The third-order valence-electron chi connectivity index (χ3n) is 2.40. The average molecular weight is 232 g/mol. The fraction of sp³-hybridized carbons (Fsp3) is 0.231. The smallest absolute Gasteiger partial charge is 0.128 e. The molecule has 0 radical (unpaired) electrons. The predicted octanol–water partition coefficient (Wildman–Crippen LogP) is 2.91. The molecule has 4 heteroatoms. The molecule has 0 atom stereocenters. The lowest BCUT2D eigenvalue weighted by Crippen LogP contribution is -1.96. The van der Waals surface area contributed by atoms with Gasteiger partial charge in [0.25, 0.3) is 0 Å². The summed E-state index contributed by atoms with van der Waals surface area (Å²) in [5, 5.41) is 0. The lowest BCUT2D eigenvalue weighted by Gasteiger charge is -2.09. The average Bonchev–Trinajstić information content (AvgIpc) is 2.27. The van der Waals surface area contributed by atoms with Crippen LogP contribution in [0.25, 0.3) is 11.3 Å². The van der Waals surface area contributed by atoms with E-state index in [9.17, 15) is 4.39 Å². The summed E-state index contributed by atoms with van der Waals surface area (Å²) in [6, 6.07) is 6.19. The molecule has 0 spiro atoms. The van der Waals surface area contributed by atoms with Gasteiger partial charge in [-0.1, -0.05) is 0 Å². The fourth-order valence-corrected chi connectivity index (χ4v) is 1.74. The van der Waals surface area contributed by atoms with E-state index in [1.807, 2.05) is 19.9 Å². The number of hydrogen-bond acceptors (Lipinski definition) is 3. The highest BCUT2D eigenvalue weighted by Crippen LogP contribution is 2.29. The molecule has 0 N–H and O–H groups in total. The topological polar surface area (TPSA) is 35.0 Å². The number of hydrogen-bond donors (Lipinski definition) is 0. The lowest BCUT2D eigenvalue weighted by atomic mass is 10.1. The zero-order valence-corrected chi connectivity index (χ0v) is 9.99. The number of aromatic nitrogens is 2. The van der Waals surface area contributed by atoms with Crippen molar-refractivity contribution in [2.75, 3.05) is 7.11 Å². The van der Waals surface area contributed by atoms with Crippen LogP contribution in [-0.4, -0.2) is 17.1 Å². The van der Waals surface area contributed by atoms with Crippen molar-refractivity contribution in [2.24, 2.45) is 0 Å². The van der Waals surface area contributed by atoms with E-state index in [1.165, 1.54) is 12.1 Å². The van der Waals surface area contributed by atoms with Crippen LogP contribution in [0, 0.1) is 19.7 Å². The Hall–Kier alpha value is -1.97. The molecule has 3 nitrogen and oxygen atoms in total. The maximum absolute atomic E-state index is 13.3. The van der Waals surface area contributed by atoms with Gasteiger partial charge in [0.05, 0.1) is 12.8 Å². The van der Waals surface area contributed by atoms with E-state index in [0.29, 0.717) is 22.8 Å². The first-order valence-corrected chi connectivity index (χ1v) is 5.26. The van der Waals surface area contributed by atoms with E-state index in [0.717, 1.165) is 5.69 Å². The maximum Gasteiger partial charge on any atom is 0.128 e. The number of methoxy groups -OCH3 is 1. The van der Waals surface area contributed by atoms with Crippen LogP contribution in [0.15, 0.2) is 24.3 Å². The number of ether oxygens (including phenoxy) is 1. The molecular weight excluding hydrogens is 219 g/mol. The Balaban J connectivity index is 2.62. The van der Waals surface area contributed by atoms with Crippen LogP contribution in [0.5, 0.6) is 5.75 Å². The van der Waals surface area contributed by atoms with E-state index in [2.05, 4.69) is 9.97 Å². The van der Waals surface area contributed by atoms with Gasteiger partial charge in [-0.05, 0) is 38.1 Å². The minimum atomic E-state index is -0.310. The highest BCUT2D eigenvalue weighted by Gasteiger charge is 2.09. The largest absolute Gasteiger partial charge is 0.496 e. The quantitative estimate of drug-likeness (QED) is 0.798. The number of benzene rings is 1. The minimum Gasteiger partial charge on any atom is -0.496 e. The second kappa shape index (κ2) is 4.49. The molecule has 0 unspecified atom stereocenters. The Morgan fingerprint density at radius 3 is 2.53 bits per heavy atom. The minimum absolute atomic E-state index is 0.310. The lowest BCUT2D eigenvalue weighted by molar-refractivity contribution is 0.415. The molecule has 0 aliphatic heterocycles. The molecule has 0 fully saturated rings. The van der Waals surface area contributed by atoms with Crippen LogP contribution in [0.2, 0.25) is 0 Å². The van der Waals surface area contributed by atoms with Crippen molar-refractivity contribution in [3.05, 3.63) is 41.6 Å². The molecule has 1 aromatic heterocycles. The molecule has 1 heterocycles. The molecule has 0 aliphatic carbocycles. The van der Waals surface area contributed by atoms with Crippen molar-refractivity contribution in [1.82, 2.24) is 9.97 Å². The zero-order chi connectivity index (χ0) is 12.4. The normalized spacial score (nSPS) is 10.4. The van der Waals surface area contributed by atoms with E-state index in [-0.39, 0.29) is 5.82 Å². The molecule has 88 valence electrons. The number of rotatable bonds is 2. The van der Waals surface area contributed by atoms with E-state index >= 15 is 0 Å². The third kappa shape index (κ3) is 2.41. The van der Waals surface area contributed by atoms with Crippen LogP contribution in [0.1, 0.15) is 11.5 Å². The monoisotopic (exact) mass is 232 g/mol. The molecule has 0 amide bonds. The molecule has 2 aromatic rings. The van der Waals surface area contributed by atoms with Gasteiger partial charge in [-0.25, -0.2) is 14.4 Å². The number of aryl methyl sites for hydroxylation is 2. The summed E-state index contributed by atoms with van der Waals surface area (Å²) >= 11 is 0.